The summed E-state index contributed by atoms with van der Waals surface area (Å²) in [6.45, 7) is 0.743. The van der Waals surface area contributed by atoms with Crippen LogP contribution >= 0.6 is 0 Å². The van der Waals surface area contributed by atoms with Crippen molar-refractivity contribution in [3.63, 3.8) is 0 Å². The molecule has 0 unspecified atom stereocenters. The van der Waals surface area contributed by atoms with E-state index < -0.39 is 0 Å². The van der Waals surface area contributed by atoms with Crippen molar-refractivity contribution in [3.8, 4) is 5.75 Å². The van der Waals surface area contributed by atoms with Crippen LogP contribution in [0.15, 0.2) is 18.2 Å². The van der Waals surface area contributed by atoms with Crippen molar-refractivity contribution >= 4 is 0 Å². The predicted molar refractivity (Wildman–Crippen MR) is 49.7 cm³/mol. The number of benzene rings is 1. The smallest absolute Gasteiger partial charge is 0.122 e. The van der Waals surface area contributed by atoms with Gasteiger partial charge in [-0.1, -0.05) is 12.1 Å². The third-order valence-electron chi connectivity index (χ3n) is 2.34. The molecule has 2 rings (SSSR count). The number of hydrogen-bond acceptors (Lipinski definition) is 3. The summed E-state index contributed by atoms with van der Waals surface area (Å²) >= 11 is 0. The molecule has 0 aliphatic carbocycles. The van der Waals surface area contributed by atoms with Crippen LogP contribution in [-0.4, -0.2) is 18.3 Å². The summed E-state index contributed by atoms with van der Waals surface area (Å²) in [7, 11) is 0. The van der Waals surface area contributed by atoms with Crippen molar-refractivity contribution in [2.24, 2.45) is 5.73 Å². The first-order chi connectivity index (χ1) is 6.31. The third-order valence-corrected chi connectivity index (χ3v) is 2.34. The van der Waals surface area contributed by atoms with Gasteiger partial charge in [0.05, 0.1) is 19.3 Å². The number of ether oxygens (including phenoxy) is 1. The average molecular weight is 179 g/mol. The second kappa shape index (κ2) is 3.36. The van der Waals surface area contributed by atoms with Gasteiger partial charge in [-0.2, -0.15) is 0 Å². The second-order valence-electron chi connectivity index (χ2n) is 3.25. The molecule has 0 bridgehead atoms. The lowest BCUT2D eigenvalue weighted by atomic mass is 10.0. The van der Waals surface area contributed by atoms with Gasteiger partial charge in [0.2, 0.25) is 0 Å². The second-order valence-corrected chi connectivity index (χ2v) is 3.25. The molecule has 3 nitrogen and oxygen atoms in total. The first-order valence-electron chi connectivity index (χ1n) is 4.43. The molecule has 1 atom stereocenters. The molecule has 0 amide bonds. The van der Waals surface area contributed by atoms with E-state index in [1.807, 2.05) is 18.2 Å². The molecule has 3 N–H and O–H groups in total. The van der Waals surface area contributed by atoms with E-state index in [-0.39, 0.29) is 12.6 Å². The van der Waals surface area contributed by atoms with E-state index in [2.05, 4.69) is 0 Å². The molecule has 0 fully saturated rings. The van der Waals surface area contributed by atoms with Gasteiger partial charge >= 0.3 is 0 Å². The Kier molecular flexibility index (Phi) is 2.20. The van der Waals surface area contributed by atoms with Gasteiger partial charge in [0, 0.05) is 6.42 Å². The van der Waals surface area contributed by atoms with E-state index in [0.29, 0.717) is 0 Å². The number of aliphatic hydroxyl groups excluding tert-OH is 1. The van der Waals surface area contributed by atoms with Gasteiger partial charge in [-0.25, -0.2) is 0 Å². The van der Waals surface area contributed by atoms with Crippen molar-refractivity contribution in [1.29, 1.82) is 0 Å². The van der Waals surface area contributed by atoms with Gasteiger partial charge in [-0.15, -0.1) is 0 Å². The number of aliphatic hydroxyl groups is 1. The number of fused-ring (bicyclic) bond motifs is 1. The fourth-order valence-corrected chi connectivity index (χ4v) is 1.54. The Hall–Kier alpha value is -1.06. The Labute approximate surface area is 77.1 Å². The van der Waals surface area contributed by atoms with Gasteiger partial charge in [0.15, 0.2) is 0 Å². The van der Waals surface area contributed by atoms with E-state index in [4.69, 9.17) is 15.6 Å². The first-order valence-corrected chi connectivity index (χ1v) is 4.43. The van der Waals surface area contributed by atoms with Gasteiger partial charge in [-0.3, -0.25) is 0 Å². The van der Waals surface area contributed by atoms with Crippen LogP contribution in [0.2, 0.25) is 0 Å². The van der Waals surface area contributed by atoms with Crippen LogP contribution in [0.4, 0.5) is 0 Å². The molecule has 13 heavy (non-hydrogen) atoms. The maximum atomic E-state index is 8.88. The SMILES string of the molecule is N[C@@H](CO)c1ccc2c(c1)CCO2. The summed E-state index contributed by atoms with van der Waals surface area (Å²) in [5.74, 6) is 0.953. The Balaban J connectivity index is 2.30. The molecule has 70 valence electrons. The van der Waals surface area contributed by atoms with Crippen LogP contribution in [0, 0.1) is 0 Å². The van der Waals surface area contributed by atoms with E-state index in [9.17, 15) is 0 Å². The third kappa shape index (κ3) is 1.53. The zero-order chi connectivity index (χ0) is 9.26. The van der Waals surface area contributed by atoms with E-state index >= 15 is 0 Å². The monoisotopic (exact) mass is 179 g/mol. The summed E-state index contributed by atoms with van der Waals surface area (Å²) in [4.78, 5) is 0. The molecule has 0 aromatic heterocycles. The minimum atomic E-state index is -0.272. The Morgan fingerprint density at radius 1 is 1.54 bits per heavy atom. The number of hydrogen-bond donors (Lipinski definition) is 2. The van der Waals surface area contributed by atoms with Gasteiger partial charge in [0.25, 0.3) is 0 Å². The maximum Gasteiger partial charge on any atom is 0.122 e. The summed E-state index contributed by atoms with van der Waals surface area (Å²) in [6, 6.07) is 5.58. The van der Waals surface area contributed by atoms with Crippen LogP contribution < -0.4 is 10.5 Å². The molecule has 1 aliphatic heterocycles. The van der Waals surface area contributed by atoms with E-state index in [1.165, 1.54) is 5.56 Å². The van der Waals surface area contributed by atoms with Crippen LogP contribution in [0.3, 0.4) is 0 Å². The van der Waals surface area contributed by atoms with E-state index in [0.717, 1.165) is 24.3 Å². The van der Waals surface area contributed by atoms with Crippen LogP contribution in [0.25, 0.3) is 0 Å². The Bertz CT molecular complexity index is 312. The topological polar surface area (TPSA) is 55.5 Å². The predicted octanol–water partition coefficient (Wildman–Crippen LogP) is 0.614. The molecule has 0 radical (unpaired) electrons. The van der Waals surface area contributed by atoms with Gasteiger partial charge < -0.3 is 15.6 Å². The largest absolute Gasteiger partial charge is 0.493 e. The molecule has 1 aromatic rings. The van der Waals surface area contributed by atoms with Gasteiger partial charge in [0.1, 0.15) is 5.75 Å². The van der Waals surface area contributed by atoms with Crippen molar-refractivity contribution in [2.45, 2.75) is 12.5 Å². The summed E-state index contributed by atoms with van der Waals surface area (Å²) in [6.07, 6.45) is 0.946. The van der Waals surface area contributed by atoms with Crippen molar-refractivity contribution < 1.29 is 9.84 Å². The molecular weight excluding hydrogens is 166 g/mol. The molecule has 0 saturated carbocycles. The standard InChI is InChI=1S/C10H13NO2/c11-9(6-12)7-1-2-10-8(5-7)3-4-13-10/h1-2,5,9,12H,3-4,6,11H2/t9-/m0/s1. The minimum absolute atomic E-state index is 0.0142. The highest BCUT2D eigenvalue weighted by Gasteiger charge is 2.13. The van der Waals surface area contributed by atoms with Gasteiger partial charge in [-0.05, 0) is 17.2 Å². The lowest BCUT2D eigenvalue weighted by Crippen LogP contribution is -2.14. The normalized spacial score (nSPS) is 16.5. The highest BCUT2D eigenvalue weighted by molar-refractivity contribution is 5.40. The Morgan fingerprint density at radius 3 is 3.15 bits per heavy atom. The highest BCUT2D eigenvalue weighted by Crippen LogP contribution is 2.27. The van der Waals surface area contributed by atoms with Crippen molar-refractivity contribution in [3.05, 3.63) is 29.3 Å². The van der Waals surface area contributed by atoms with Crippen molar-refractivity contribution in [2.75, 3.05) is 13.2 Å². The number of rotatable bonds is 2. The fourth-order valence-electron chi connectivity index (χ4n) is 1.54. The molecule has 1 aliphatic rings. The zero-order valence-electron chi connectivity index (χ0n) is 7.36. The van der Waals surface area contributed by atoms with Crippen LogP contribution in [-0.2, 0) is 6.42 Å². The molecule has 0 saturated heterocycles. The lowest BCUT2D eigenvalue weighted by molar-refractivity contribution is 0.268. The first kappa shape index (κ1) is 8.53. The quantitative estimate of drug-likeness (QED) is 0.699. The molecule has 0 spiro atoms. The maximum absolute atomic E-state index is 8.88. The fraction of sp³-hybridized carbons (Fsp3) is 0.400. The van der Waals surface area contributed by atoms with Crippen LogP contribution in [0.1, 0.15) is 17.2 Å². The summed E-state index contributed by atoms with van der Waals surface area (Å²) < 4.78 is 5.36. The average Bonchev–Trinajstić information content (AvgIpc) is 2.63. The Morgan fingerprint density at radius 2 is 2.38 bits per heavy atom. The van der Waals surface area contributed by atoms with E-state index in [1.54, 1.807) is 0 Å². The summed E-state index contributed by atoms with van der Waals surface area (Å²) in [5.41, 5.74) is 7.87. The highest BCUT2D eigenvalue weighted by atomic mass is 16.5. The summed E-state index contributed by atoms with van der Waals surface area (Å²) in [5, 5.41) is 8.88. The molecular formula is C10H13NO2. The molecule has 1 aromatic carbocycles. The van der Waals surface area contributed by atoms with Crippen LogP contribution in [0.5, 0.6) is 5.75 Å². The zero-order valence-corrected chi connectivity index (χ0v) is 7.36. The van der Waals surface area contributed by atoms with Crippen molar-refractivity contribution in [1.82, 2.24) is 0 Å². The number of nitrogens with two attached hydrogens (primary N) is 1. The lowest BCUT2D eigenvalue weighted by Gasteiger charge is -2.09. The molecule has 1 heterocycles. The molecule has 3 heteroatoms. The minimum Gasteiger partial charge on any atom is -0.493 e.